The Bertz CT molecular complexity index is 666. The Kier molecular flexibility index (Phi) is 2.49. The SMILES string of the molecule is Nc1nc2nc[nH]c2c(OCc2cccnc2)[nH+]1. The van der Waals surface area contributed by atoms with Gasteiger partial charge in [-0.25, -0.2) is 9.97 Å². The molecule has 0 spiro atoms. The predicted octanol–water partition coefficient (Wildman–Crippen LogP) is 0.328. The van der Waals surface area contributed by atoms with Gasteiger partial charge in [-0.15, -0.1) is 0 Å². The molecule has 3 aromatic rings. The number of anilines is 1. The highest BCUT2D eigenvalue weighted by Crippen LogP contribution is 2.16. The van der Waals surface area contributed by atoms with Crippen molar-refractivity contribution in [1.29, 1.82) is 0 Å². The molecular weight excluding hydrogens is 232 g/mol. The Balaban J connectivity index is 1.88. The zero-order valence-corrected chi connectivity index (χ0v) is 9.42. The van der Waals surface area contributed by atoms with Crippen molar-refractivity contribution >= 4 is 17.1 Å². The van der Waals surface area contributed by atoms with Crippen molar-refractivity contribution in [3.05, 3.63) is 36.4 Å². The molecule has 3 rings (SSSR count). The van der Waals surface area contributed by atoms with Gasteiger partial charge in [0.15, 0.2) is 5.52 Å². The molecular formula is C11H11N6O+. The Morgan fingerprint density at radius 3 is 3.22 bits per heavy atom. The first kappa shape index (κ1) is 10.5. The molecule has 0 unspecified atom stereocenters. The minimum atomic E-state index is 0.260. The monoisotopic (exact) mass is 243 g/mol. The summed E-state index contributed by atoms with van der Waals surface area (Å²) in [6.45, 7) is 0.391. The van der Waals surface area contributed by atoms with E-state index in [1.54, 1.807) is 18.7 Å². The second kappa shape index (κ2) is 4.28. The van der Waals surface area contributed by atoms with Gasteiger partial charge in [0.1, 0.15) is 6.61 Å². The molecule has 7 nitrogen and oxygen atoms in total. The third-order valence-electron chi connectivity index (χ3n) is 2.42. The van der Waals surface area contributed by atoms with Gasteiger partial charge in [0.25, 0.3) is 11.5 Å². The standard InChI is InChI=1S/C11H10N6O/c12-11-16-9-8(14-6-15-9)10(17-11)18-5-7-2-1-3-13-4-7/h1-4,6H,5H2,(H3,12,14,15,16,17)/p+1. The highest BCUT2D eigenvalue weighted by Gasteiger charge is 2.14. The number of hydrogen-bond acceptors (Lipinski definition) is 5. The van der Waals surface area contributed by atoms with E-state index in [0.29, 0.717) is 23.7 Å². The normalized spacial score (nSPS) is 10.7. The Hall–Kier alpha value is -2.70. The smallest absolute Gasteiger partial charge is 0.392 e. The highest BCUT2D eigenvalue weighted by atomic mass is 16.5. The minimum Gasteiger partial charge on any atom is -0.461 e. The van der Waals surface area contributed by atoms with Gasteiger partial charge in [0, 0.05) is 18.0 Å². The van der Waals surface area contributed by atoms with Crippen LogP contribution in [0.4, 0.5) is 5.95 Å². The van der Waals surface area contributed by atoms with E-state index >= 15 is 0 Å². The van der Waals surface area contributed by atoms with Crippen LogP contribution in [0.3, 0.4) is 0 Å². The summed E-state index contributed by atoms with van der Waals surface area (Å²) in [5.41, 5.74) is 7.82. The van der Waals surface area contributed by atoms with Crippen LogP contribution >= 0.6 is 0 Å². The lowest BCUT2D eigenvalue weighted by molar-refractivity contribution is -0.380. The first-order valence-electron chi connectivity index (χ1n) is 5.36. The lowest BCUT2D eigenvalue weighted by atomic mass is 10.3. The number of hydrogen-bond donors (Lipinski definition) is 2. The molecule has 3 aromatic heterocycles. The van der Waals surface area contributed by atoms with Crippen LogP contribution < -0.4 is 15.5 Å². The summed E-state index contributed by atoms with van der Waals surface area (Å²) >= 11 is 0. The van der Waals surface area contributed by atoms with Crippen molar-refractivity contribution in [1.82, 2.24) is 19.9 Å². The zero-order chi connectivity index (χ0) is 12.4. The van der Waals surface area contributed by atoms with Crippen molar-refractivity contribution in [3.63, 3.8) is 0 Å². The molecule has 0 saturated heterocycles. The van der Waals surface area contributed by atoms with Crippen LogP contribution in [-0.4, -0.2) is 19.9 Å². The number of nitrogen functional groups attached to an aromatic ring is 1. The fourth-order valence-electron chi connectivity index (χ4n) is 1.61. The summed E-state index contributed by atoms with van der Waals surface area (Å²) in [6, 6.07) is 3.79. The molecule has 0 saturated carbocycles. The van der Waals surface area contributed by atoms with Crippen molar-refractivity contribution in [2.24, 2.45) is 0 Å². The van der Waals surface area contributed by atoms with Gasteiger partial charge in [0.05, 0.1) is 6.33 Å². The van der Waals surface area contributed by atoms with Gasteiger partial charge in [-0.1, -0.05) is 6.07 Å². The second-order valence-electron chi connectivity index (χ2n) is 3.70. The van der Waals surface area contributed by atoms with Crippen LogP contribution in [0.5, 0.6) is 5.88 Å². The van der Waals surface area contributed by atoms with Crippen molar-refractivity contribution < 1.29 is 9.72 Å². The van der Waals surface area contributed by atoms with Gasteiger partial charge in [-0.3, -0.25) is 10.7 Å². The number of aromatic amines is 2. The highest BCUT2D eigenvalue weighted by molar-refractivity contribution is 5.74. The predicted molar refractivity (Wildman–Crippen MR) is 63.4 cm³/mol. The lowest BCUT2D eigenvalue weighted by Crippen LogP contribution is -2.17. The summed E-state index contributed by atoms with van der Waals surface area (Å²) < 4.78 is 5.66. The maximum atomic E-state index is 5.66. The molecule has 0 fully saturated rings. The van der Waals surface area contributed by atoms with Crippen LogP contribution in [0.1, 0.15) is 5.56 Å². The second-order valence-corrected chi connectivity index (χ2v) is 3.70. The molecule has 0 radical (unpaired) electrons. The van der Waals surface area contributed by atoms with E-state index in [4.69, 9.17) is 10.5 Å². The van der Waals surface area contributed by atoms with Crippen LogP contribution in [0, 0.1) is 0 Å². The number of pyridine rings is 1. The third kappa shape index (κ3) is 1.93. The van der Waals surface area contributed by atoms with E-state index in [1.807, 2.05) is 12.1 Å². The minimum absolute atomic E-state index is 0.260. The van der Waals surface area contributed by atoms with Crippen molar-refractivity contribution in [2.75, 3.05) is 5.73 Å². The van der Waals surface area contributed by atoms with Crippen LogP contribution in [0.2, 0.25) is 0 Å². The average molecular weight is 243 g/mol. The number of H-pyrrole nitrogens is 2. The molecule has 0 amide bonds. The van der Waals surface area contributed by atoms with Crippen LogP contribution in [0.25, 0.3) is 11.2 Å². The van der Waals surface area contributed by atoms with E-state index in [1.165, 1.54) is 0 Å². The fourth-order valence-corrected chi connectivity index (χ4v) is 1.61. The molecule has 90 valence electrons. The summed E-state index contributed by atoms with van der Waals surface area (Å²) in [5.74, 6) is 0.773. The maximum absolute atomic E-state index is 5.66. The molecule has 3 heterocycles. The summed E-state index contributed by atoms with van der Waals surface area (Å²) in [6.07, 6.45) is 5.00. The number of aromatic nitrogens is 5. The van der Waals surface area contributed by atoms with E-state index in [2.05, 4.69) is 24.9 Å². The molecule has 0 bridgehead atoms. The van der Waals surface area contributed by atoms with Crippen molar-refractivity contribution in [3.8, 4) is 5.88 Å². The fraction of sp³-hybridized carbons (Fsp3) is 0.0909. The first-order valence-corrected chi connectivity index (χ1v) is 5.36. The van der Waals surface area contributed by atoms with E-state index in [0.717, 1.165) is 5.56 Å². The van der Waals surface area contributed by atoms with Gasteiger partial charge >= 0.3 is 5.95 Å². The molecule has 0 atom stereocenters. The number of fused-ring (bicyclic) bond motifs is 1. The summed E-state index contributed by atoms with van der Waals surface area (Å²) in [4.78, 5) is 17.9. The maximum Gasteiger partial charge on any atom is 0.392 e. The average Bonchev–Trinajstić information content (AvgIpc) is 2.85. The van der Waals surface area contributed by atoms with E-state index < -0.39 is 0 Å². The molecule has 0 aromatic carbocycles. The number of rotatable bonds is 3. The Morgan fingerprint density at radius 1 is 1.44 bits per heavy atom. The molecule has 7 heteroatoms. The lowest BCUT2D eigenvalue weighted by Gasteiger charge is -2.03. The van der Waals surface area contributed by atoms with E-state index in [-0.39, 0.29) is 5.95 Å². The van der Waals surface area contributed by atoms with Gasteiger partial charge in [-0.2, -0.15) is 0 Å². The molecule has 0 aliphatic carbocycles. The number of nitrogens with one attached hydrogen (secondary N) is 2. The zero-order valence-electron chi connectivity index (χ0n) is 9.42. The molecule has 0 aliphatic rings. The number of ether oxygens (including phenoxy) is 1. The van der Waals surface area contributed by atoms with Gasteiger partial charge in [-0.05, 0) is 11.1 Å². The van der Waals surface area contributed by atoms with Crippen LogP contribution in [0.15, 0.2) is 30.9 Å². The van der Waals surface area contributed by atoms with Crippen LogP contribution in [-0.2, 0) is 6.61 Å². The Morgan fingerprint density at radius 2 is 2.39 bits per heavy atom. The quantitative estimate of drug-likeness (QED) is 0.689. The largest absolute Gasteiger partial charge is 0.461 e. The number of nitrogens with zero attached hydrogens (tertiary/aromatic N) is 3. The molecule has 18 heavy (non-hydrogen) atoms. The summed E-state index contributed by atoms with van der Waals surface area (Å²) in [7, 11) is 0. The summed E-state index contributed by atoms with van der Waals surface area (Å²) in [5, 5.41) is 0. The van der Waals surface area contributed by atoms with Gasteiger partial charge in [0.2, 0.25) is 0 Å². The molecule has 4 N–H and O–H groups in total. The molecule has 0 aliphatic heterocycles. The topological polar surface area (TPSA) is 104 Å². The first-order chi connectivity index (χ1) is 8.83. The number of imidazole rings is 1. The van der Waals surface area contributed by atoms with Gasteiger partial charge < -0.3 is 9.72 Å². The van der Waals surface area contributed by atoms with E-state index in [9.17, 15) is 0 Å². The third-order valence-corrected chi connectivity index (χ3v) is 2.42. The Labute approximate surface area is 102 Å². The van der Waals surface area contributed by atoms with Crippen molar-refractivity contribution in [2.45, 2.75) is 6.61 Å². The number of nitrogens with two attached hydrogens (primary N) is 1.